The number of carbonyl (C=O) groups excluding carboxylic acids is 1. The monoisotopic (exact) mass is 288 g/mol. The first-order valence-electron chi connectivity index (χ1n) is 6.68. The summed E-state index contributed by atoms with van der Waals surface area (Å²) < 4.78 is 5.20. The quantitative estimate of drug-likeness (QED) is 0.745. The third-order valence-corrected chi connectivity index (χ3v) is 4.00. The topological polar surface area (TPSA) is 87.0 Å². The molecule has 0 fully saturated rings. The number of aliphatic hydroxyl groups is 2. The van der Waals surface area contributed by atoms with Crippen LogP contribution in [0, 0.1) is 6.92 Å². The number of benzene rings is 2. The Balaban J connectivity index is 2.39. The number of hydrogen-bond donors (Lipinski definition) is 3. The third kappa shape index (κ3) is 1.97. The molecule has 0 spiro atoms. The number of phenols is 1. The molecule has 0 heterocycles. The van der Waals surface area contributed by atoms with Gasteiger partial charge in [-0.2, -0.15) is 0 Å². The molecule has 0 saturated carbocycles. The Morgan fingerprint density at radius 1 is 1.19 bits per heavy atom. The van der Waals surface area contributed by atoms with Gasteiger partial charge in [0.1, 0.15) is 17.6 Å². The van der Waals surface area contributed by atoms with Crippen molar-refractivity contribution < 1.29 is 24.9 Å². The van der Waals surface area contributed by atoms with Crippen molar-refractivity contribution in [3.63, 3.8) is 0 Å². The Morgan fingerprint density at radius 3 is 2.57 bits per heavy atom. The molecule has 0 radical (unpaired) electrons. The highest BCUT2D eigenvalue weighted by Crippen LogP contribution is 2.42. The maximum Gasteiger partial charge on any atom is 0.195 e. The van der Waals surface area contributed by atoms with Crippen LogP contribution >= 0.6 is 0 Å². The van der Waals surface area contributed by atoms with Gasteiger partial charge in [-0.05, 0) is 41.6 Å². The Hall–Kier alpha value is -2.11. The number of aromatic hydroxyl groups is 1. The van der Waals surface area contributed by atoms with Crippen LogP contribution in [0.2, 0.25) is 0 Å². The molecular weight excluding hydrogens is 272 g/mol. The second kappa shape index (κ2) is 4.72. The van der Waals surface area contributed by atoms with Crippen LogP contribution in [-0.4, -0.2) is 34.3 Å². The summed E-state index contributed by atoms with van der Waals surface area (Å²) in [6.45, 7) is 1.80. The fourth-order valence-electron chi connectivity index (χ4n) is 2.97. The van der Waals surface area contributed by atoms with E-state index in [0.29, 0.717) is 22.1 Å². The van der Waals surface area contributed by atoms with Crippen molar-refractivity contribution in [1.82, 2.24) is 0 Å². The van der Waals surface area contributed by atoms with Crippen molar-refractivity contribution in [3.8, 4) is 11.5 Å². The predicted octanol–water partition coefficient (Wildman–Crippen LogP) is 1.84. The normalized spacial score (nSPS) is 21.4. The van der Waals surface area contributed by atoms with Gasteiger partial charge in [-0.15, -0.1) is 0 Å². The van der Waals surface area contributed by atoms with Crippen molar-refractivity contribution in [3.05, 3.63) is 34.9 Å². The summed E-state index contributed by atoms with van der Waals surface area (Å²) in [5.41, 5.74) is 1.12. The smallest absolute Gasteiger partial charge is 0.195 e. The number of aryl methyl sites for hydroxylation is 1. The van der Waals surface area contributed by atoms with Gasteiger partial charge < -0.3 is 20.1 Å². The van der Waals surface area contributed by atoms with E-state index in [1.165, 1.54) is 0 Å². The lowest BCUT2D eigenvalue weighted by atomic mass is 9.83. The van der Waals surface area contributed by atoms with Gasteiger partial charge in [-0.1, -0.05) is 0 Å². The number of ketones is 1. The number of hydrogen-bond acceptors (Lipinski definition) is 5. The van der Waals surface area contributed by atoms with E-state index in [-0.39, 0.29) is 17.7 Å². The van der Waals surface area contributed by atoms with Gasteiger partial charge in [0, 0.05) is 11.8 Å². The highest BCUT2D eigenvalue weighted by molar-refractivity contribution is 6.10. The van der Waals surface area contributed by atoms with E-state index in [1.807, 2.05) is 0 Å². The number of rotatable bonds is 1. The van der Waals surface area contributed by atoms with Gasteiger partial charge in [-0.25, -0.2) is 0 Å². The van der Waals surface area contributed by atoms with Gasteiger partial charge in [0.2, 0.25) is 0 Å². The number of carbonyl (C=O) groups is 1. The van der Waals surface area contributed by atoms with Crippen molar-refractivity contribution in [2.24, 2.45) is 0 Å². The molecule has 2 atom stereocenters. The average Bonchev–Trinajstić information content (AvgIpc) is 2.44. The molecule has 110 valence electrons. The van der Waals surface area contributed by atoms with E-state index in [9.17, 15) is 20.1 Å². The molecule has 3 N–H and O–H groups in total. The van der Waals surface area contributed by atoms with Crippen molar-refractivity contribution in [2.75, 3.05) is 7.11 Å². The number of fused-ring (bicyclic) bond motifs is 2. The van der Waals surface area contributed by atoms with Crippen LogP contribution in [0.25, 0.3) is 10.8 Å². The van der Waals surface area contributed by atoms with Crippen LogP contribution in [0.1, 0.15) is 34.0 Å². The van der Waals surface area contributed by atoms with E-state index in [2.05, 4.69) is 0 Å². The molecule has 3 rings (SSSR count). The summed E-state index contributed by atoms with van der Waals surface area (Å²) in [6.07, 6.45) is -2.32. The molecule has 0 amide bonds. The maximum absolute atomic E-state index is 12.1. The zero-order valence-corrected chi connectivity index (χ0v) is 11.8. The standard InChI is InChI=1S/C16H16O5/c1-7-3-9(21-2)4-8-5-10-11(17)6-12(18)15(19)14(10)16(20)13(7)8/h3-5,11-12,17-18,20H,6H2,1-2H3/t11-,12-/m0/s1. The van der Waals surface area contributed by atoms with Gasteiger partial charge >= 0.3 is 0 Å². The second-order valence-corrected chi connectivity index (χ2v) is 5.36. The molecule has 0 saturated heterocycles. The lowest BCUT2D eigenvalue weighted by Gasteiger charge is -2.26. The fraction of sp³-hybridized carbons (Fsp3) is 0.312. The molecule has 2 aromatic rings. The summed E-state index contributed by atoms with van der Waals surface area (Å²) in [6, 6.07) is 5.17. The molecular formula is C16H16O5. The molecule has 0 aliphatic heterocycles. The minimum atomic E-state index is -1.28. The molecule has 0 bridgehead atoms. The summed E-state index contributed by atoms with van der Waals surface area (Å²) in [5.74, 6) is -0.105. The molecule has 1 aliphatic rings. The Morgan fingerprint density at radius 2 is 1.90 bits per heavy atom. The Labute approximate surface area is 121 Å². The first kappa shape index (κ1) is 13.9. The van der Waals surface area contributed by atoms with Crippen LogP contribution < -0.4 is 4.74 Å². The molecule has 2 aromatic carbocycles. The van der Waals surface area contributed by atoms with E-state index in [0.717, 1.165) is 5.56 Å². The Kier molecular flexibility index (Phi) is 3.11. The van der Waals surface area contributed by atoms with Gasteiger partial charge in [0.05, 0.1) is 18.8 Å². The lowest BCUT2D eigenvalue weighted by Crippen LogP contribution is -2.30. The molecule has 5 nitrogen and oxygen atoms in total. The van der Waals surface area contributed by atoms with Gasteiger partial charge in [-0.3, -0.25) is 4.79 Å². The van der Waals surface area contributed by atoms with Crippen LogP contribution in [0.4, 0.5) is 0 Å². The molecule has 1 aliphatic carbocycles. The van der Waals surface area contributed by atoms with E-state index in [1.54, 1.807) is 32.2 Å². The molecule has 0 aromatic heterocycles. The van der Waals surface area contributed by atoms with Crippen molar-refractivity contribution in [1.29, 1.82) is 0 Å². The van der Waals surface area contributed by atoms with Crippen LogP contribution in [0.3, 0.4) is 0 Å². The highest BCUT2D eigenvalue weighted by atomic mass is 16.5. The van der Waals surface area contributed by atoms with E-state index < -0.39 is 18.0 Å². The van der Waals surface area contributed by atoms with Gasteiger partial charge in [0.25, 0.3) is 0 Å². The zero-order valence-electron chi connectivity index (χ0n) is 11.8. The first-order valence-corrected chi connectivity index (χ1v) is 6.68. The Bertz CT molecular complexity index is 750. The van der Waals surface area contributed by atoms with Crippen molar-refractivity contribution >= 4 is 16.6 Å². The van der Waals surface area contributed by atoms with E-state index >= 15 is 0 Å². The summed E-state index contributed by atoms with van der Waals surface area (Å²) in [5, 5.41) is 31.5. The number of ether oxygens (including phenoxy) is 1. The van der Waals surface area contributed by atoms with Gasteiger partial charge in [0.15, 0.2) is 5.78 Å². The minimum absolute atomic E-state index is 0.0158. The first-order chi connectivity index (χ1) is 9.93. The molecule has 5 heteroatoms. The number of aliphatic hydroxyl groups excluding tert-OH is 2. The summed E-state index contributed by atoms with van der Waals surface area (Å²) >= 11 is 0. The molecule has 21 heavy (non-hydrogen) atoms. The lowest BCUT2D eigenvalue weighted by molar-refractivity contribution is 0.0481. The maximum atomic E-state index is 12.1. The highest BCUT2D eigenvalue weighted by Gasteiger charge is 2.34. The summed E-state index contributed by atoms with van der Waals surface area (Å²) in [7, 11) is 1.55. The fourth-order valence-corrected chi connectivity index (χ4v) is 2.97. The SMILES string of the molecule is COc1cc(C)c2c(O)c3c(cc2c1)[C@@H](O)C[C@H](O)C3=O. The third-order valence-electron chi connectivity index (χ3n) is 4.00. The van der Waals surface area contributed by atoms with E-state index in [4.69, 9.17) is 4.74 Å². The second-order valence-electron chi connectivity index (χ2n) is 5.36. The number of Topliss-reactive ketones (excluding diaryl/α,β-unsaturated/α-hetero) is 1. The van der Waals surface area contributed by atoms with Crippen molar-refractivity contribution in [2.45, 2.75) is 25.6 Å². The predicted molar refractivity (Wildman–Crippen MR) is 76.8 cm³/mol. The van der Waals surface area contributed by atoms with Crippen LogP contribution in [0.5, 0.6) is 11.5 Å². The van der Waals surface area contributed by atoms with Crippen LogP contribution in [-0.2, 0) is 0 Å². The summed E-state index contributed by atoms with van der Waals surface area (Å²) in [4.78, 5) is 12.1. The average molecular weight is 288 g/mol. The zero-order chi connectivity index (χ0) is 15.3. The van der Waals surface area contributed by atoms with Crippen LogP contribution in [0.15, 0.2) is 18.2 Å². The largest absolute Gasteiger partial charge is 0.507 e. The number of phenolic OH excluding ortho intramolecular Hbond substituents is 1. The minimum Gasteiger partial charge on any atom is -0.507 e. The number of methoxy groups -OCH3 is 1. The molecule has 0 unspecified atom stereocenters.